The van der Waals surface area contributed by atoms with Crippen molar-refractivity contribution in [1.82, 2.24) is 14.9 Å². The quantitative estimate of drug-likeness (QED) is 0.788. The van der Waals surface area contributed by atoms with E-state index in [2.05, 4.69) is 17.2 Å². The SMILES string of the molecule is CCCCCCNC(=O)n1c(C)c(C)c(=O)[nH]c1=O. The maximum Gasteiger partial charge on any atom is 0.336 e. The minimum atomic E-state index is -0.695. The number of aromatic nitrogens is 2. The third-order valence-electron chi connectivity index (χ3n) is 3.15. The van der Waals surface area contributed by atoms with Crippen LogP contribution < -0.4 is 16.6 Å². The van der Waals surface area contributed by atoms with Gasteiger partial charge in [-0.1, -0.05) is 26.2 Å². The van der Waals surface area contributed by atoms with E-state index in [1.165, 1.54) is 0 Å². The van der Waals surface area contributed by atoms with E-state index in [-0.39, 0.29) is 0 Å². The Hall–Kier alpha value is -1.85. The Kier molecular flexibility index (Phi) is 5.54. The summed E-state index contributed by atoms with van der Waals surface area (Å²) in [6, 6.07) is -0.488. The van der Waals surface area contributed by atoms with Gasteiger partial charge in [0.2, 0.25) is 0 Å². The van der Waals surface area contributed by atoms with Crippen molar-refractivity contribution in [2.75, 3.05) is 6.54 Å². The van der Waals surface area contributed by atoms with Crippen molar-refractivity contribution < 1.29 is 4.79 Å². The monoisotopic (exact) mass is 267 g/mol. The van der Waals surface area contributed by atoms with Gasteiger partial charge in [-0.25, -0.2) is 14.2 Å². The molecule has 19 heavy (non-hydrogen) atoms. The molecule has 0 radical (unpaired) electrons. The molecule has 1 aromatic rings. The molecule has 1 amide bonds. The van der Waals surface area contributed by atoms with E-state index in [0.29, 0.717) is 17.8 Å². The summed E-state index contributed by atoms with van der Waals surface area (Å²) in [5, 5.41) is 2.69. The van der Waals surface area contributed by atoms with Gasteiger partial charge in [0.1, 0.15) is 0 Å². The van der Waals surface area contributed by atoms with Gasteiger partial charge in [0.05, 0.1) is 0 Å². The average molecular weight is 267 g/mol. The summed E-state index contributed by atoms with van der Waals surface area (Å²) < 4.78 is 0.969. The highest BCUT2D eigenvalue weighted by Crippen LogP contribution is 1.99. The highest BCUT2D eigenvalue weighted by molar-refractivity contribution is 5.77. The zero-order valence-corrected chi connectivity index (χ0v) is 11.7. The van der Waals surface area contributed by atoms with Gasteiger partial charge in [-0.3, -0.25) is 9.78 Å². The second-order valence-electron chi connectivity index (χ2n) is 4.60. The van der Waals surface area contributed by atoms with Gasteiger partial charge in [-0.05, 0) is 20.3 Å². The molecule has 6 heteroatoms. The molecule has 106 valence electrons. The number of aromatic amines is 1. The topological polar surface area (TPSA) is 84.0 Å². The van der Waals surface area contributed by atoms with E-state index in [0.717, 1.165) is 30.3 Å². The summed E-state index contributed by atoms with van der Waals surface area (Å²) >= 11 is 0. The molecule has 2 N–H and O–H groups in total. The molecule has 0 unspecified atom stereocenters. The summed E-state index contributed by atoms with van der Waals surface area (Å²) in [6.07, 6.45) is 4.20. The van der Waals surface area contributed by atoms with E-state index < -0.39 is 17.3 Å². The highest BCUT2D eigenvalue weighted by Gasteiger charge is 2.13. The molecule has 0 saturated carbocycles. The van der Waals surface area contributed by atoms with E-state index in [4.69, 9.17) is 0 Å². The summed E-state index contributed by atoms with van der Waals surface area (Å²) in [5.41, 5.74) is -0.394. The van der Waals surface area contributed by atoms with Crippen molar-refractivity contribution in [3.05, 3.63) is 32.1 Å². The van der Waals surface area contributed by atoms with Crippen molar-refractivity contribution in [2.45, 2.75) is 46.5 Å². The molecule has 0 aliphatic rings. The normalized spacial score (nSPS) is 10.5. The van der Waals surface area contributed by atoms with Crippen molar-refractivity contribution in [2.24, 2.45) is 0 Å². The maximum absolute atomic E-state index is 11.9. The molecule has 0 bridgehead atoms. The van der Waals surface area contributed by atoms with Crippen LogP contribution in [0.25, 0.3) is 0 Å². The zero-order valence-electron chi connectivity index (χ0n) is 11.7. The largest absolute Gasteiger partial charge is 0.337 e. The molecule has 1 rings (SSSR count). The van der Waals surface area contributed by atoms with Crippen LogP contribution in [0.15, 0.2) is 9.59 Å². The molecule has 6 nitrogen and oxygen atoms in total. The van der Waals surface area contributed by atoms with Crippen molar-refractivity contribution >= 4 is 6.03 Å². The van der Waals surface area contributed by atoms with Crippen molar-refractivity contribution in [1.29, 1.82) is 0 Å². The first-order valence-corrected chi connectivity index (χ1v) is 6.59. The lowest BCUT2D eigenvalue weighted by Crippen LogP contribution is -2.42. The van der Waals surface area contributed by atoms with Gasteiger partial charge >= 0.3 is 11.7 Å². The second kappa shape index (κ2) is 6.92. The Bertz CT molecular complexity index is 557. The average Bonchev–Trinajstić information content (AvgIpc) is 2.36. The smallest absolute Gasteiger partial charge is 0.336 e. The van der Waals surface area contributed by atoms with Crippen LogP contribution in [0.1, 0.15) is 43.9 Å². The number of hydrogen-bond donors (Lipinski definition) is 2. The number of nitrogens with one attached hydrogen (secondary N) is 2. The van der Waals surface area contributed by atoms with Gasteiger partial charge in [-0.15, -0.1) is 0 Å². The Morgan fingerprint density at radius 3 is 2.53 bits per heavy atom. The summed E-state index contributed by atoms with van der Waals surface area (Å²) in [6.45, 7) is 5.81. The van der Waals surface area contributed by atoms with Gasteiger partial charge in [0, 0.05) is 17.8 Å². The molecule has 0 aromatic carbocycles. The van der Waals surface area contributed by atoms with Crippen LogP contribution in [-0.4, -0.2) is 22.1 Å². The van der Waals surface area contributed by atoms with E-state index >= 15 is 0 Å². The van der Waals surface area contributed by atoms with Gasteiger partial charge < -0.3 is 5.32 Å². The first-order valence-electron chi connectivity index (χ1n) is 6.59. The number of hydrogen-bond acceptors (Lipinski definition) is 3. The first-order chi connectivity index (χ1) is 8.99. The van der Waals surface area contributed by atoms with Crippen molar-refractivity contribution in [3.63, 3.8) is 0 Å². The summed E-state index contributed by atoms with van der Waals surface area (Å²) in [7, 11) is 0. The van der Waals surface area contributed by atoms with E-state index in [9.17, 15) is 14.4 Å². The molecule has 1 aromatic heterocycles. The number of rotatable bonds is 5. The fourth-order valence-corrected chi connectivity index (χ4v) is 1.80. The fourth-order valence-electron chi connectivity index (χ4n) is 1.80. The number of carbonyl (C=O) groups excluding carboxylic acids is 1. The molecular weight excluding hydrogens is 246 g/mol. The lowest BCUT2D eigenvalue weighted by atomic mass is 10.2. The van der Waals surface area contributed by atoms with E-state index in [1.807, 2.05) is 0 Å². The summed E-state index contributed by atoms with van der Waals surface area (Å²) in [4.78, 5) is 37.0. The number of amides is 1. The Morgan fingerprint density at radius 2 is 1.89 bits per heavy atom. The zero-order chi connectivity index (χ0) is 14.4. The van der Waals surface area contributed by atoms with Crippen LogP contribution in [0.4, 0.5) is 4.79 Å². The lowest BCUT2D eigenvalue weighted by molar-refractivity contribution is 0.240. The second-order valence-corrected chi connectivity index (χ2v) is 4.60. The van der Waals surface area contributed by atoms with Gasteiger partial charge in [-0.2, -0.15) is 0 Å². The number of nitrogens with zero attached hydrogens (tertiary/aromatic N) is 1. The Morgan fingerprint density at radius 1 is 1.21 bits per heavy atom. The predicted octanol–water partition coefficient (Wildman–Crippen LogP) is 1.29. The third-order valence-corrected chi connectivity index (χ3v) is 3.15. The van der Waals surface area contributed by atoms with Crippen molar-refractivity contribution in [3.8, 4) is 0 Å². The van der Waals surface area contributed by atoms with Gasteiger partial charge in [0.15, 0.2) is 0 Å². The molecule has 0 aliphatic carbocycles. The third kappa shape index (κ3) is 3.81. The Balaban J connectivity index is 2.76. The molecule has 1 heterocycles. The van der Waals surface area contributed by atoms with Crippen LogP contribution in [0, 0.1) is 13.8 Å². The molecule has 0 aliphatic heterocycles. The minimum absolute atomic E-state index is 0.375. The Labute approximate surface area is 111 Å². The summed E-state index contributed by atoms with van der Waals surface area (Å²) in [5.74, 6) is 0. The molecule has 0 spiro atoms. The standard InChI is InChI=1S/C13H21N3O3/c1-4-5-6-7-8-14-12(18)16-10(3)9(2)11(17)15-13(16)19/h4-8H2,1-3H3,(H,14,18)(H,15,17,19). The highest BCUT2D eigenvalue weighted by atomic mass is 16.2. The fraction of sp³-hybridized carbons (Fsp3) is 0.615. The number of carbonyl (C=O) groups is 1. The first kappa shape index (κ1) is 15.2. The van der Waals surface area contributed by atoms with Crippen LogP contribution in [0.2, 0.25) is 0 Å². The lowest BCUT2D eigenvalue weighted by Gasteiger charge is -2.10. The number of unbranched alkanes of at least 4 members (excludes halogenated alkanes) is 3. The van der Waals surface area contributed by atoms with Gasteiger partial charge in [0.25, 0.3) is 5.56 Å². The maximum atomic E-state index is 11.9. The molecular formula is C13H21N3O3. The molecule has 0 atom stereocenters. The van der Waals surface area contributed by atoms with E-state index in [1.54, 1.807) is 13.8 Å². The van der Waals surface area contributed by atoms with Crippen LogP contribution >= 0.6 is 0 Å². The minimum Gasteiger partial charge on any atom is -0.337 e. The molecule has 0 saturated heterocycles. The predicted molar refractivity (Wildman–Crippen MR) is 73.7 cm³/mol. The number of H-pyrrole nitrogens is 1. The van der Waals surface area contributed by atoms with Crippen LogP contribution in [0.5, 0.6) is 0 Å². The van der Waals surface area contributed by atoms with Crippen LogP contribution in [0.3, 0.4) is 0 Å². The van der Waals surface area contributed by atoms with Crippen LogP contribution in [-0.2, 0) is 0 Å². The molecule has 0 fully saturated rings.